The van der Waals surface area contributed by atoms with Crippen molar-refractivity contribution in [3.05, 3.63) is 65.3 Å². The number of nitrogens with zero attached hydrogens (tertiary/aromatic N) is 5. The van der Waals surface area contributed by atoms with Gasteiger partial charge in [0.05, 0.1) is 24.3 Å². The van der Waals surface area contributed by atoms with Crippen LogP contribution in [0.3, 0.4) is 0 Å². The van der Waals surface area contributed by atoms with Crippen LogP contribution in [-0.4, -0.2) is 45.8 Å². The third-order valence-corrected chi connectivity index (χ3v) is 5.54. The van der Waals surface area contributed by atoms with Crippen molar-refractivity contribution in [2.45, 2.75) is 0 Å². The van der Waals surface area contributed by atoms with Crippen LogP contribution < -0.4 is 21.5 Å². The van der Waals surface area contributed by atoms with Crippen LogP contribution in [0.1, 0.15) is 0 Å². The van der Waals surface area contributed by atoms with E-state index in [0.29, 0.717) is 22.5 Å². The van der Waals surface area contributed by atoms with Crippen molar-refractivity contribution in [1.29, 1.82) is 0 Å². The second-order valence-electron chi connectivity index (χ2n) is 7.65. The maximum absolute atomic E-state index is 12.9. The quantitative estimate of drug-likeness (QED) is 0.509. The van der Waals surface area contributed by atoms with Crippen molar-refractivity contribution in [2.24, 2.45) is 7.05 Å². The summed E-state index contributed by atoms with van der Waals surface area (Å²) in [5.74, 6) is 0.678. The Labute approximate surface area is 184 Å². The molecule has 4 heterocycles. The monoisotopic (exact) mass is 429 g/mol. The second kappa shape index (κ2) is 8.27. The van der Waals surface area contributed by atoms with E-state index < -0.39 is 0 Å². The molecule has 0 aliphatic carbocycles. The summed E-state index contributed by atoms with van der Waals surface area (Å²) in [5.41, 5.74) is 8.84. The lowest BCUT2D eigenvalue weighted by Gasteiger charge is -2.28. The van der Waals surface area contributed by atoms with Gasteiger partial charge < -0.3 is 25.3 Å². The molecule has 1 aliphatic rings. The maximum atomic E-state index is 12.9. The number of pyridine rings is 2. The van der Waals surface area contributed by atoms with Crippen LogP contribution in [0.15, 0.2) is 59.8 Å². The van der Waals surface area contributed by atoms with Crippen LogP contribution in [0.2, 0.25) is 0 Å². The summed E-state index contributed by atoms with van der Waals surface area (Å²) in [6.07, 6.45) is 4.99. The molecule has 5 rings (SSSR count). The highest BCUT2D eigenvalue weighted by Gasteiger charge is 2.14. The van der Waals surface area contributed by atoms with E-state index in [2.05, 4.69) is 32.3 Å². The molecule has 0 spiro atoms. The van der Waals surface area contributed by atoms with Gasteiger partial charge in [0, 0.05) is 55.7 Å². The lowest BCUT2D eigenvalue weighted by Crippen LogP contribution is -2.36. The average molecular weight is 429 g/mol. The van der Waals surface area contributed by atoms with Gasteiger partial charge in [0.2, 0.25) is 5.95 Å². The number of benzene rings is 1. The third-order valence-electron chi connectivity index (χ3n) is 5.54. The van der Waals surface area contributed by atoms with Gasteiger partial charge in [0.1, 0.15) is 5.82 Å². The first kappa shape index (κ1) is 20.0. The Kier molecular flexibility index (Phi) is 5.16. The van der Waals surface area contributed by atoms with Gasteiger partial charge in [-0.05, 0) is 41.8 Å². The highest BCUT2D eigenvalue weighted by atomic mass is 16.5. The molecule has 1 aliphatic heterocycles. The van der Waals surface area contributed by atoms with E-state index in [0.717, 1.165) is 43.1 Å². The Morgan fingerprint density at radius 1 is 1.06 bits per heavy atom. The molecule has 9 heteroatoms. The molecule has 0 atom stereocenters. The van der Waals surface area contributed by atoms with E-state index in [1.54, 1.807) is 30.2 Å². The molecule has 162 valence electrons. The van der Waals surface area contributed by atoms with Gasteiger partial charge in [-0.3, -0.25) is 4.79 Å². The highest BCUT2D eigenvalue weighted by molar-refractivity contribution is 5.95. The molecule has 3 aromatic heterocycles. The predicted octanol–water partition coefficient (Wildman–Crippen LogP) is 2.55. The summed E-state index contributed by atoms with van der Waals surface area (Å²) in [7, 11) is 1.73. The molecule has 1 aromatic carbocycles. The molecule has 3 N–H and O–H groups in total. The van der Waals surface area contributed by atoms with Crippen molar-refractivity contribution in [3.63, 3.8) is 0 Å². The fourth-order valence-electron chi connectivity index (χ4n) is 3.78. The molecule has 0 unspecified atom stereocenters. The number of nitrogen functional groups attached to an aromatic ring is 1. The molecular weight excluding hydrogens is 406 g/mol. The summed E-state index contributed by atoms with van der Waals surface area (Å²) in [4.78, 5) is 28.1. The molecule has 1 fully saturated rings. The normalized spacial score (nSPS) is 14.0. The van der Waals surface area contributed by atoms with Crippen molar-refractivity contribution < 1.29 is 4.74 Å². The number of morpholine rings is 1. The topological polar surface area (TPSA) is 111 Å². The van der Waals surface area contributed by atoms with Gasteiger partial charge in [0.15, 0.2) is 0 Å². The first-order valence-corrected chi connectivity index (χ1v) is 10.4. The number of anilines is 4. The van der Waals surface area contributed by atoms with Gasteiger partial charge in [0.25, 0.3) is 5.56 Å². The molecule has 0 bridgehead atoms. The molecule has 32 heavy (non-hydrogen) atoms. The smallest absolute Gasteiger partial charge is 0.261 e. The zero-order chi connectivity index (χ0) is 22.1. The van der Waals surface area contributed by atoms with Crippen LogP contribution in [0.4, 0.5) is 23.1 Å². The summed E-state index contributed by atoms with van der Waals surface area (Å²) in [6, 6.07) is 11.9. The Hall–Kier alpha value is -3.98. The number of fused-ring (bicyclic) bond motifs is 1. The van der Waals surface area contributed by atoms with Gasteiger partial charge in [-0.15, -0.1) is 0 Å². The number of aryl methyl sites for hydroxylation is 1. The number of nitrogens with one attached hydrogen (secondary N) is 1. The summed E-state index contributed by atoms with van der Waals surface area (Å²) in [6.45, 7) is 3.23. The number of nitrogens with two attached hydrogens (primary N) is 1. The molecule has 0 amide bonds. The maximum Gasteiger partial charge on any atom is 0.261 e. The lowest BCUT2D eigenvalue weighted by molar-refractivity contribution is 0.122. The minimum Gasteiger partial charge on any atom is -0.378 e. The van der Waals surface area contributed by atoms with Crippen LogP contribution in [0.25, 0.3) is 22.0 Å². The van der Waals surface area contributed by atoms with E-state index in [4.69, 9.17) is 15.5 Å². The van der Waals surface area contributed by atoms with Crippen LogP contribution in [0.5, 0.6) is 0 Å². The standard InChI is InChI=1S/C23H23N7O2/c1-29-7-6-15-12-19(16-13-25-23(24)26-14-16)28-21(20(15)22(29)31)27-17-2-4-18(5-3-17)30-8-10-32-11-9-30/h2-7,12-14H,8-11H2,1H3,(H,27,28)(H2,24,25,26). The first-order chi connectivity index (χ1) is 15.6. The van der Waals surface area contributed by atoms with Crippen LogP contribution >= 0.6 is 0 Å². The van der Waals surface area contributed by atoms with Crippen molar-refractivity contribution in [1.82, 2.24) is 19.5 Å². The number of aromatic nitrogens is 4. The van der Waals surface area contributed by atoms with Gasteiger partial charge in [-0.25, -0.2) is 15.0 Å². The molecule has 9 nitrogen and oxygen atoms in total. The Bertz CT molecular complexity index is 1310. The SMILES string of the molecule is Cn1ccc2cc(-c3cnc(N)nc3)nc(Nc3ccc(N4CCOCC4)cc3)c2c1=O. The molecule has 0 radical (unpaired) electrons. The molecular formula is C23H23N7O2. The van der Waals surface area contributed by atoms with Crippen LogP contribution in [-0.2, 0) is 11.8 Å². The lowest BCUT2D eigenvalue weighted by atomic mass is 10.1. The fourth-order valence-corrected chi connectivity index (χ4v) is 3.78. The number of hydrogen-bond donors (Lipinski definition) is 2. The average Bonchev–Trinajstić information content (AvgIpc) is 2.83. The van der Waals surface area contributed by atoms with Gasteiger partial charge >= 0.3 is 0 Å². The zero-order valence-corrected chi connectivity index (χ0v) is 17.7. The minimum atomic E-state index is -0.123. The van der Waals surface area contributed by atoms with E-state index in [1.807, 2.05) is 24.3 Å². The minimum absolute atomic E-state index is 0.123. The Morgan fingerprint density at radius 3 is 2.50 bits per heavy atom. The molecule has 0 saturated carbocycles. The van der Waals surface area contributed by atoms with Crippen molar-refractivity contribution in [3.8, 4) is 11.3 Å². The number of ether oxygens (including phenoxy) is 1. The van der Waals surface area contributed by atoms with Crippen molar-refractivity contribution >= 4 is 33.9 Å². The summed E-state index contributed by atoms with van der Waals surface area (Å²) < 4.78 is 6.97. The van der Waals surface area contributed by atoms with Crippen molar-refractivity contribution in [2.75, 3.05) is 42.3 Å². The number of rotatable bonds is 4. The van der Waals surface area contributed by atoms with E-state index in [-0.39, 0.29) is 11.5 Å². The highest BCUT2D eigenvalue weighted by Crippen LogP contribution is 2.28. The van der Waals surface area contributed by atoms with Crippen LogP contribution in [0, 0.1) is 0 Å². The predicted molar refractivity (Wildman–Crippen MR) is 125 cm³/mol. The molecule has 1 saturated heterocycles. The summed E-state index contributed by atoms with van der Waals surface area (Å²) >= 11 is 0. The Balaban J connectivity index is 1.55. The van der Waals surface area contributed by atoms with Gasteiger partial charge in [-0.2, -0.15) is 0 Å². The van der Waals surface area contributed by atoms with E-state index in [1.165, 1.54) is 0 Å². The fraction of sp³-hybridized carbons (Fsp3) is 0.217. The summed E-state index contributed by atoms with van der Waals surface area (Å²) in [5, 5.41) is 4.63. The van der Waals surface area contributed by atoms with E-state index >= 15 is 0 Å². The largest absolute Gasteiger partial charge is 0.378 e. The molecule has 4 aromatic rings. The van der Waals surface area contributed by atoms with Gasteiger partial charge in [-0.1, -0.05) is 0 Å². The van der Waals surface area contributed by atoms with E-state index in [9.17, 15) is 4.79 Å². The Morgan fingerprint density at radius 2 is 1.78 bits per heavy atom. The third kappa shape index (κ3) is 3.85. The first-order valence-electron chi connectivity index (χ1n) is 10.4. The zero-order valence-electron chi connectivity index (χ0n) is 17.7. The number of hydrogen-bond acceptors (Lipinski definition) is 8. The second-order valence-corrected chi connectivity index (χ2v) is 7.65.